The molecule has 0 bridgehead atoms. The molecule has 4 heteroatoms. The van der Waals surface area contributed by atoms with E-state index in [1.54, 1.807) is 6.26 Å². The zero-order valence-corrected chi connectivity index (χ0v) is 13.9. The van der Waals surface area contributed by atoms with Crippen LogP contribution in [0, 0.1) is 0 Å². The molecule has 1 N–H and O–H groups in total. The van der Waals surface area contributed by atoms with E-state index in [2.05, 4.69) is 56.1 Å². The fraction of sp³-hybridized carbons (Fsp3) is 0.571. The van der Waals surface area contributed by atoms with Crippen molar-refractivity contribution in [2.24, 2.45) is 0 Å². The summed E-state index contributed by atoms with van der Waals surface area (Å²) in [5, 5.41) is 4.90. The Morgan fingerprint density at radius 1 is 1.22 bits per heavy atom. The average molecular weight is 284 g/mol. The van der Waals surface area contributed by atoms with Crippen LogP contribution < -0.4 is 10.5 Å². The van der Waals surface area contributed by atoms with Gasteiger partial charge in [0.05, 0.1) is 8.07 Å². The lowest BCUT2D eigenvalue weighted by Gasteiger charge is -2.17. The Morgan fingerprint density at radius 2 is 1.78 bits per heavy atom. The number of nitrogens with one attached hydrogen (secondary N) is 1. The van der Waals surface area contributed by atoms with Gasteiger partial charge in [-0.2, -0.15) is 0 Å². The molecular formula is C14H25NOSSi. The molecular weight excluding hydrogens is 258 g/mol. The number of rotatable bonds is 6. The highest BCUT2D eigenvalue weighted by Crippen LogP contribution is 2.04. The van der Waals surface area contributed by atoms with Crippen LogP contribution in [0.1, 0.15) is 12.5 Å². The van der Waals surface area contributed by atoms with Crippen molar-refractivity contribution < 1.29 is 4.21 Å². The van der Waals surface area contributed by atoms with Crippen LogP contribution in [-0.4, -0.2) is 30.3 Å². The van der Waals surface area contributed by atoms with Crippen LogP contribution in [-0.2, 0) is 17.3 Å². The molecule has 0 fully saturated rings. The molecule has 1 aromatic carbocycles. The summed E-state index contributed by atoms with van der Waals surface area (Å²) in [7, 11) is -1.91. The van der Waals surface area contributed by atoms with Crippen molar-refractivity contribution in [2.45, 2.75) is 39.2 Å². The van der Waals surface area contributed by atoms with Gasteiger partial charge in [-0.25, -0.2) is 0 Å². The van der Waals surface area contributed by atoms with Gasteiger partial charge in [-0.3, -0.25) is 4.21 Å². The largest absolute Gasteiger partial charge is 0.309 e. The lowest BCUT2D eigenvalue weighted by molar-refractivity contribution is 0.587. The fourth-order valence-corrected chi connectivity index (χ4v) is 3.81. The second-order valence-corrected chi connectivity index (χ2v) is 12.5. The van der Waals surface area contributed by atoms with Crippen molar-refractivity contribution >= 4 is 24.1 Å². The Bertz CT molecular complexity index is 397. The quantitative estimate of drug-likeness (QED) is 0.810. The van der Waals surface area contributed by atoms with Gasteiger partial charge >= 0.3 is 0 Å². The molecule has 2 unspecified atom stereocenters. The maximum atomic E-state index is 11.1. The van der Waals surface area contributed by atoms with E-state index in [1.807, 2.05) is 0 Å². The van der Waals surface area contributed by atoms with Crippen LogP contribution in [0.5, 0.6) is 0 Å². The summed E-state index contributed by atoms with van der Waals surface area (Å²) in [6, 6.07) is 9.22. The molecule has 18 heavy (non-hydrogen) atoms. The van der Waals surface area contributed by atoms with Gasteiger partial charge < -0.3 is 5.32 Å². The molecule has 1 rings (SSSR count). The summed E-state index contributed by atoms with van der Waals surface area (Å²) >= 11 is 0. The third-order valence-electron chi connectivity index (χ3n) is 2.96. The molecule has 102 valence electrons. The van der Waals surface area contributed by atoms with Crippen molar-refractivity contribution in [2.75, 3.05) is 12.0 Å². The van der Waals surface area contributed by atoms with E-state index < -0.39 is 18.9 Å². The summed E-state index contributed by atoms with van der Waals surface area (Å²) in [5.74, 6) is 0.715. The zero-order valence-electron chi connectivity index (χ0n) is 12.1. The van der Waals surface area contributed by atoms with E-state index in [9.17, 15) is 4.21 Å². The summed E-state index contributed by atoms with van der Waals surface area (Å²) in [5.41, 5.74) is 1.30. The molecule has 0 aliphatic rings. The molecule has 1 aromatic rings. The first kappa shape index (κ1) is 15.6. The minimum atomic E-state index is -1.18. The molecule has 0 aliphatic carbocycles. The van der Waals surface area contributed by atoms with E-state index >= 15 is 0 Å². The van der Waals surface area contributed by atoms with Crippen molar-refractivity contribution in [3.05, 3.63) is 29.8 Å². The monoisotopic (exact) mass is 283 g/mol. The predicted molar refractivity (Wildman–Crippen MR) is 84.7 cm³/mol. The van der Waals surface area contributed by atoms with Crippen LogP contribution >= 0.6 is 0 Å². The fourth-order valence-electron chi connectivity index (χ4n) is 1.83. The van der Waals surface area contributed by atoms with E-state index in [1.165, 1.54) is 10.8 Å². The molecule has 0 saturated carbocycles. The highest BCUT2D eigenvalue weighted by atomic mass is 32.2. The Balaban J connectivity index is 2.52. The Labute approximate surface area is 115 Å². The highest BCUT2D eigenvalue weighted by Gasteiger charge is 2.15. The van der Waals surface area contributed by atoms with Crippen molar-refractivity contribution in [3.8, 4) is 0 Å². The van der Waals surface area contributed by atoms with Gasteiger partial charge in [0.15, 0.2) is 0 Å². The van der Waals surface area contributed by atoms with E-state index in [4.69, 9.17) is 0 Å². The first-order valence-corrected chi connectivity index (χ1v) is 11.6. The highest BCUT2D eigenvalue weighted by molar-refractivity contribution is 7.84. The predicted octanol–water partition coefficient (Wildman–Crippen LogP) is 2.09. The van der Waals surface area contributed by atoms with Crippen molar-refractivity contribution in [3.63, 3.8) is 0 Å². The topological polar surface area (TPSA) is 29.1 Å². The van der Waals surface area contributed by atoms with E-state index in [0.29, 0.717) is 11.8 Å². The molecule has 0 heterocycles. The average Bonchev–Trinajstić information content (AvgIpc) is 2.25. The first-order chi connectivity index (χ1) is 8.29. The van der Waals surface area contributed by atoms with Gasteiger partial charge in [-0.15, -0.1) is 0 Å². The molecule has 0 amide bonds. The van der Waals surface area contributed by atoms with Crippen molar-refractivity contribution in [1.82, 2.24) is 5.32 Å². The minimum Gasteiger partial charge on any atom is -0.309 e. The Morgan fingerprint density at radius 3 is 2.22 bits per heavy atom. The molecule has 0 aliphatic heterocycles. The SMILES string of the molecule is CC(CS(C)=O)NCc1ccc([Si](C)(C)C)cc1. The second kappa shape index (κ2) is 6.64. The molecule has 0 radical (unpaired) electrons. The van der Waals surface area contributed by atoms with Gasteiger partial charge in [0.25, 0.3) is 0 Å². The van der Waals surface area contributed by atoms with Gasteiger partial charge in [0, 0.05) is 35.4 Å². The van der Waals surface area contributed by atoms with Crippen LogP contribution in [0.15, 0.2) is 24.3 Å². The van der Waals surface area contributed by atoms with E-state index in [-0.39, 0.29) is 0 Å². The summed E-state index contributed by atoms with van der Waals surface area (Å²) in [4.78, 5) is 0. The molecule has 2 atom stereocenters. The lowest BCUT2D eigenvalue weighted by Crippen LogP contribution is -2.37. The van der Waals surface area contributed by atoms with Crippen LogP contribution in [0.25, 0.3) is 0 Å². The van der Waals surface area contributed by atoms with Crippen LogP contribution in [0.2, 0.25) is 19.6 Å². The number of benzene rings is 1. The molecule has 0 spiro atoms. The zero-order chi connectivity index (χ0) is 13.8. The first-order valence-electron chi connectivity index (χ1n) is 6.42. The summed E-state index contributed by atoms with van der Waals surface area (Å²) < 4.78 is 11.1. The summed E-state index contributed by atoms with van der Waals surface area (Å²) in [6.45, 7) is 10.0. The lowest BCUT2D eigenvalue weighted by atomic mass is 10.2. The van der Waals surface area contributed by atoms with Crippen LogP contribution in [0.4, 0.5) is 0 Å². The van der Waals surface area contributed by atoms with Gasteiger partial charge in [0.2, 0.25) is 0 Å². The smallest absolute Gasteiger partial charge is 0.0775 e. The third kappa shape index (κ3) is 5.46. The second-order valence-electron chi connectivity index (χ2n) is 5.97. The maximum Gasteiger partial charge on any atom is 0.0775 e. The maximum absolute atomic E-state index is 11.1. The van der Waals surface area contributed by atoms with Gasteiger partial charge in [0.1, 0.15) is 0 Å². The number of hydrogen-bond donors (Lipinski definition) is 1. The van der Waals surface area contributed by atoms with Gasteiger partial charge in [-0.1, -0.05) is 49.1 Å². The third-order valence-corrected chi connectivity index (χ3v) is 5.99. The number of hydrogen-bond acceptors (Lipinski definition) is 2. The van der Waals surface area contributed by atoms with Gasteiger partial charge in [-0.05, 0) is 12.5 Å². The normalized spacial score (nSPS) is 15.4. The molecule has 0 saturated heterocycles. The Hall–Kier alpha value is -0.453. The molecule has 0 aromatic heterocycles. The standard InChI is InChI=1S/C14H25NOSSi/c1-12(11-17(2)16)15-10-13-6-8-14(9-7-13)18(3,4)5/h6-9,12,15H,10-11H2,1-5H3. The minimum absolute atomic E-state index is 0.299. The van der Waals surface area contributed by atoms with Crippen molar-refractivity contribution in [1.29, 1.82) is 0 Å². The molecule has 2 nitrogen and oxygen atoms in total. The summed E-state index contributed by atoms with van der Waals surface area (Å²) in [6.07, 6.45) is 1.75. The Kier molecular flexibility index (Phi) is 5.75. The van der Waals surface area contributed by atoms with E-state index in [0.717, 1.165) is 6.54 Å². The van der Waals surface area contributed by atoms with Crippen LogP contribution in [0.3, 0.4) is 0 Å².